The maximum Gasteiger partial charge on any atom is 2.00 e. The number of hydrogen-bond donors (Lipinski definition) is 2. The third-order valence-corrected chi connectivity index (χ3v) is 4.35. The molecule has 0 aromatic carbocycles. The summed E-state index contributed by atoms with van der Waals surface area (Å²) in [5.41, 5.74) is 6.58. The van der Waals surface area contributed by atoms with E-state index in [0.29, 0.717) is 47.2 Å². The Kier molecular flexibility index (Phi) is 12.7. The number of morpholine rings is 1. The Morgan fingerprint density at radius 2 is 1.63 bits per heavy atom. The zero-order valence-electron chi connectivity index (χ0n) is 17.3. The number of nitrogens with one attached hydrogen (secondary N) is 2. The van der Waals surface area contributed by atoms with Gasteiger partial charge in [-0.25, -0.2) is 0 Å². The van der Waals surface area contributed by atoms with E-state index in [2.05, 4.69) is 35.9 Å². The maximum absolute atomic E-state index is 6.02. The zero-order valence-corrected chi connectivity index (χ0v) is 19.8. The summed E-state index contributed by atoms with van der Waals surface area (Å²) < 4.78 is 11.4. The minimum atomic E-state index is 0. The second kappa shape index (κ2) is 14.4. The van der Waals surface area contributed by atoms with E-state index >= 15 is 0 Å². The van der Waals surface area contributed by atoms with Crippen LogP contribution in [0.2, 0.25) is 0 Å². The SMILES string of the molecule is CCN=C([S-])N/N=C(/C(C)=N/NC([S-])=NCC)c1ccc(CN2CCOCC2)o1.[Cu+2]. The molecule has 2 N–H and O–H groups in total. The maximum atomic E-state index is 6.02. The molecule has 1 aromatic rings. The molecular weight excluding hydrogens is 474 g/mol. The standard InChI is InChI=1S/C18H29N7O2S2.Cu/c1-4-19-17(28)23-21-13(3)16(22-24-18(29)20-5-2)15-7-6-14(27-15)12-25-8-10-26-11-9-25;/h6-7H,4-5,8-12H2,1-3H3,(H2,19,23,28)(H2,20,24,29);/q;+2/p-2/b21-13+,22-16-;. The molecule has 0 unspecified atom stereocenters. The van der Waals surface area contributed by atoms with Gasteiger partial charge in [-0.05, 0) is 43.2 Å². The Morgan fingerprint density at radius 1 is 1.03 bits per heavy atom. The first kappa shape index (κ1) is 26.5. The average Bonchev–Trinajstić information content (AvgIpc) is 3.16. The third-order valence-electron chi connectivity index (χ3n) is 3.91. The minimum Gasteiger partial charge on any atom is -0.741 e. The van der Waals surface area contributed by atoms with Gasteiger partial charge in [-0.3, -0.25) is 25.7 Å². The van der Waals surface area contributed by atoms with Crippen LogP contribution in [0.25, 0.3) is 0 Å². The molecule has 1 aliphatic heterocycles. The molecule has 0 bridgehead atoms. The Balaban J connectivity index is 0.00000450. The Bertz CT molecular complexity index is 774. The summed E-state index contributed by atoms with van der Waals surface area (Å²) in [7, 11) is 0. The van der Waals surface area contributed by atoms with Crippen LogP contribution in [-0.2, 0) is 53.6 Å². The van der Waals surface area contributed by atoms with E-state index in [0.717, 1.165) is 32.1 Å². The van der Waals surface area contributed by atoms with E-state index in [-0.39, 0.29) is 17.1 Å². The topological polar surface area (TPSA) is 99.1 Å². The summed E-state index contributed by atoms with van der Waals surface area (Å²) in [5.74, 6) is 1.41. The first-order valence-corrected chi connectivity index (χ1v) is 10.3. The monoisotopic (exact) mass is 500 g/mol. The molecule has 1 aromatic heterocycles. The van der Waals surface area contributed by atoms with E-state index in [9.17, 15) is 0 Å². The second-order valence-corrected chi connectivity index (χ2v) is 6.87. The summed E-state index contributed by atoms with van der Waals surface area (Å²) in [5, 5.41) is 9.23. The van der Waals surface area contributed by atoms with Crippen molar-refractivity contribution in [2.45, 2.75) is 27.3 Å². The van der Waals surface area contributed by atoms with Crippen molar-refractivity contribution < 1.29 is 26.2 Å². The zero-order chi connectivity index (χ0) is 21.1. The van der Waals surface area contributed by atoms with Gasteiger partial charge in [0.2, 0.25) is 0 Å². The summed E-state index contributed by atoms with van der Waals surface area (Å²) in [6.07, 6.45) is 0. The van der Waals surface area contributed by atoms with Crippen LogP contribution in [0.4, 0.5) is 0 Å². The summed E-state index contributed by atoms with van der Waals surface area (Å²) in [6, 6.07) is 3.80. The smallest absolute Gasteiger partial charge is 0.741 e. The first-order valence-electron chi connectivity index (χ1n) is 9.50. The van der Waals surface area contributed by atoms with Gasteiger partial charge in [0.1, 0.15) is 11.5 Å². The molecule has 1 fully saturated rings. The number of hydrogen-bond acceptors (Lipinski definition) is 9. The molecule has 0 saturated carbocycles. The van der Waals surface area contributed by atoms with Crippen molar-refractivity contribution in [3.63, 3.8) is 0 Å². The molecule has 0 aliphatic carbocycles. The molecule has 0 atom stereocenters. The van der Waals surface area contributed by atoms with Crippen LogP contribution >= 0.6 is 0 Å². The summed E-state index contributed by atoms with van der Waals surface area (Å²) >= 11 is 10.2. The van der Waals surface area contributed by atoms with E-state index in [1.807, 2.05) is 26.0 Å². The van der Waals surface area contributed by atoms with Gasteiger partial charge >= 0.3 is 17.1 Å². The van der Waals surface area contributed by atoms with Crippen LogP contribution in [0.15, 0.2) is 36.7 Å². The molecular formula is C18H27CuN7O2S2. The van der Waals surface area contributed by atoms with E-state index in [4.69, 9.17) is 34.4 Å². The summed E-state index contributed by atoms with van der Waals surface area (Å²) in [6.45, 7) is 10.7. The van der Waals surface area contributed by atoms with Gasteiger partial charge in [-0.1, -0.05) is 0 Å². The normalized spacial score (nSPS) is 16.9. The number of nitrogens with zero attached hydrogens (tertiary/aromatic N) is 5. The van der Waals surface area contributed by atoms with Gasteiger partial charge in [0.25, 0.3) is 0 Å². The molecule has 0 amide bonds. The first-order chi connectivity index (χ1) is 14.0. The molecule has 169 valence electrons. The fraction of sp³-hybridized carbons (Fsp3) is 0.556. The van der Waals surface area contributed by atoms with Crippen LogP contribution < -0.4 is 10.9 Å². The molecule has 1 saturated heterocycles. The molecule has 9 nitrogen and oxygen atoms in total. The molecule has 2 rings (SSSR count). The minimum absolute atomic E-state index is 0. The molecule has 0 spiro atoms. The molecule has 12 heteroatoms. The Morgan fingerprint density at radius 3 is 2.23 bits per heavy atom. The van der Waals surface area contributed by atoms with Crippen LogP contribution in [-0.4, -0.2) is 66.1 Å². The largest absolute Gasteiger partial charge is 2.00 e. The summed E-state index contributed by atoms with van der Waals surface area (Å²) in [4.78, 5) is 10.5. The number of furan rings is 1. The number of aliphatic imine (C=N–C) groups is 2. The average molecular weight is 501 g/mol. The van der Waals surface area contributed by atoms with Gasteiger partial charge in [0.15, 0.2) is 5.76 Å². The quantitative estimate of drug-likeness (QED) is 0.182. The van der Waals surface area contributed by atoms with Crippen LogP contribution in [0.1, 0.15) is 32.3 Å². The van der Waals surface area contributed by atoms with Crippen molar-refractivity contribution in [1.82, 2.24) is 15.8 Å². The van der Waals surface area contributed by atoms with Gasteiger partial charge in [-0.2, -0.15) is 10.2 Å². The third kappa shape index (κ3) is 9.07. The van der Waals surface area contributed by atoms with Crippen LogP contribution in [0.3, 0.4) is 0 Å². The predicted octanol–water partition coefficient (Wildman–Crippen LogP) is 1.21. The van der Waals surface area contributed by atoms with E-state index < -0.39 is 0 Å². The van der Waals surface area contributed by atoms with E-state index in [1.165, 1.54) is 0 Å². The van der Waals surface area contributed by atoms with E-state index in [1.54, 1.807) is 6.92 Å². The number of hydrazone groups is 2. The van der Waals surface area contributed by atoms with Gasteiger partial charge < -0.3 is 34.4 Å². The second-order valence-electron chi connectivity index (χ2n) is 6.09. The molecule has 2 heterocycles. The fourth-order valence-electron chi connectivity index (χ4n) is 2.53. The molecule has 1 aliphatic rings. The molecule has 30 heavy (non-hydrogen) atoms. The van der Waals surface area contributed by atoms with Gasteiger partial charge in [-0.15, -0.1) is 0 Å². The van der Waals surface area contributed by atoms with Crippen molar-refractivity contribution in [2.24, 2.45) is 20.2 Å². The Labute approximate surface area is 199 Å². The van der Waals surface area contributed by atoms with Crippen LogP contribution in [0.5, 0.6) is 0 Å². The van der Waals surface area contributed by atoms with Crippen molar-refractivity contribution in [2.75, 3.05) is 39.4 Å². The van der Waals surface area contributed by atoms with Crippen molar-refractivity contribution in [1.29, 1.82) is 0 Å². The van der Waals surface area contributed by atoms with Crippen molar-refractivity contribution >= 4 is 47.0 Å². The van der Waals surface area contributed by atoms with Gasteiger partial charge in [0, 0.05) is 26.2 Å². The predicted molar refractivity (Wildman–Crippen MR) is 121 cm³/mol. The molecule has 1 radical (unpaired) electrons. The van der Waals surface area contributed by atoms with Crippen LogP contribution in [0, 0.1) is 0 Å². The fourth-order valence-corrected chi connectivity index (χ4v) is 2.88. The number of amidine groups is 2. The van der Waals surface area contributed by atoms with Crippen molar-refractivity contribution in [3.05, 3.63) is 23.7 Å². The number of rotatable bonds is 8. The van der Waals surface area contributed by atoms with Crippen molar-refractivity contribution in [3.8, 4) is 0 Å². The number of ether oxygens (including phenoxy) is 1. The Hall–Kier alpha value is -1.56. The van der Waals surface area contributed by atoms with Gasteiger partial charge in [0.05, 0.1) is 25.5 Å².